The molecule has 4 rings (SSSR count). The van der Waals surface area contributed by atoms with E-state index in [0.29, 0.717) is 17.0 Å². The molecule has 1 saturated carbocycles. The number of rotatable bonds is 4. The first-order chi connectivity index (χ1) is 15.7. The second-order valence-corrected chi connectivity index (χ2v) is 10.9. The lowest BCUT2D eigenvalue weighted by atomic mass is 9.56. The van der Waals surface area contributed by atoms with Gasteiger partial charge in [0.05, 0.1) is 5.54 Å². The summed E-state index contributed by atoms with van der Waals surface area (Å²) in [5.41, 5.74) is 6.47. The number of alkyl halides is 3. The Labute approximate surface area is 203 Å². The van der Waals surface area contributed by atoms with E-state index < -0.39 is 44.3 Å². The maximum atomic E-state index is 12.7. The summed E-state index contributed by atoms with van der Waals surface area (Å²) in [7, 11) is -5.85. The topological polar surface area (TPSA) is 125 Å². The highest BCUT2D eigenvalue weighted by Gasteiger charge is 2.64. The molecule has 13 heteroatoms. The van der Waals surface area contributed by atoms with Crippen LogP contribution in [0.15, 0.2) is 42.5 Å². The lowest BCUT2D eigenvalue weighted by Crippen LogP contribution is -2.72. The first-order valence-electron chi connectivity index (χ1n) is 10.1. The molecule has 0 spiro atoms. The van der Waals surface area contributed by atoms with Gasteiger partial charge in [-0.15, -0.1) is 0 Å². The van der Waals surface area contributed by atoms with Gasteiger partial charge >= 0.3 is 15.6 Å². The lowest BCUT2D eigenvalue weighted by Gasteiger charge is -2.51. The van der Waals surface area contributed by atoms with E-state index in [2.05, 4.69) is 9.50 Å². The van der Waals surface area contributed by atoms with E-state index in [-0.39, 0.29) is 23.9 Å². The van der Waals surface area contributed by atoms with Gasteiger partial charge in [0, 0.05) is 28.6 Å². The molecule has 0 bridgehead atoms. The Morgan fingerprint density at radius 1 is 1.09 bits per heavy atom. The molecule has 0 aromatic heterocycles. The van der Waals surface area contributed by atoms with Gasteiger partial charge in [0.2, 0.25) is 5.91 Å². The number of nitrogens with two attached hydrogens (primary N) is 2. The average Bonchev–Trinajstić information content (AvgIpc) is 2.97. The molecule has 184 valence electrons. The highest BCUT2D eigenvalue weighted by atomic mass is 35.5. The van der Waals surface area contributed by atoms with Crippen LogP contribution in [-0.4, -0.2) is 37.5 Å². The summed E-state index contributed by atoms with van der Waals surface area (Å²) < 4.78 is 64.9. The Balaban J connectivity index is 1.77. The minimum atomic E-state index is -5.85. The summed E-state index contributed by atoms with van der Waals surface area (Å²) in [6, 6.07) is 10.4. The number of halogens is 5. The molecule has 7 nitrogen and oxygen atoms in total. The normalized spacial score (nSPS) is 29.4. The van der Waals surface area contributed by atoms with Gasteiger partial charge in [-0.1, -0.05) is 41.4 Å². The summed E-state index contributed by atoms with van der Waals surface area (Å²) in [5.74, 6) is -1.86. The van der Waals surface area contributed by atoms with Crippen molar-refractivity contribution in [2.75, 3.05) is 6.54 Å². The van der Waals surface area contributed by atoms with Gasteiger partial charge in [-0.2, -0.15) is 21.6 Å². The first-order valence-corrected chi connectivity index (χ1v) is 12.3. The quantitative estimate of drug-likeness (QED) is 0.405. The molecule has 2 fully saturated rings. The Morgan fingerprint density at radius 3 is 2.32 bits per heavy atom. The Bertz CT molecular complexity index is 1240. The van der Waals surface area contributed by atoms with Crippen molar-refractivity contribution >= 4 is 39.2 Å². The highest BCUT2D eigenvalue weighted by Crippen LogP contribution is 2.54. The van der Waals surface area contributed by atoms with Crippen LogP contribution < -0.4 is 21.0 Å². The Hall–Kier alpha value is -2.05. The standard InChI is InChI=1S/C21H20Cl2F3N3O4S/c22-12-3-1-11(2-4-12)17-15(7-8-19(27)18(30)29-10-20(17,19)28)14-6-5-13(9-16(14)23)33-34(31,32)21(24,25)26/h1-6,9,15,17H,7-8,10,27-28H2,(H,29,30). The second-order valence-electron chi connectivity index (χ2n) is 8.54. The molecule has 0 radical (unpaired) electrons. The van der Waals surface area contributed by atoms with E-state index >= 15 is 0 Å². The molecular weight excluding hydrogens is 518 g/mol. The smallest absolute Gasteiger partial charge is 0.376 e. The zero-order valence-corrected chi connectivity index (χ0v) is 19.7. The Morgan fingerprint density at radius 2 is 1.74 bits per heavy atom. The van der Waals surface area contributed by atoms with Gasteiger partial charge in [-0.3, -0.25) is 4.79 Å². The summed E-state index contributed by atoms with van der Waals surface area (Å²) in [6.07, 6.45) is 0.623. The lowest BCUT2D eigenvalue weighted by molar-refractivity contribution is -0.125. The van der Waals surface area contributed by atoms with E-state index in [4.69, 9.17) is 34.7 Å². The van der Waals surface area contributed by atoms with Gasteiger partial charge in [0.15, 0.2) is 0 Å². The number of hydrogen-bond acceptors (Lipinski definition) is 6. The average molecular weight is 538 g/mol. The van der Waals surface area contributed by atoms with E-state index in [1.165, 1.54) is 6.07 Å². The largest absolute Gasteiger partial charge is 0.534 e. The molecule has 2 aromatic rings. The fourth-order valence-corrected chi connectivity index (χ4v) is 5.85. The molecule has 2 aromatic carbocycles. The number of amides is 1. The van der Waals surface area contributed by atoms with Gasteiger partial charge < -0.3 is 21.0 Å². The van der Waals surface area contributed by atoms with Crippen LogP contribution in [0, 0.1) is 0 Å². The van der Waals surface area contributed by atoms with Gasteiger partial charge in [0.25, 0.3) is 0 Å². The maximum Gasteiger partial charge on any atom is 0.534 e. The molecule has 2 aliphatic rings. The summed E-state index contributed by atoms with van der Waals surface area (Å²) >= 11 is 12.4. The van der Waals surface area contributed by atoms with E-state index in [1.54, 1.807) is 24.3 Å². The highest BCUT2D eigenvalue weighted by molar-refractivity contribution is 7.88. The number of carbonyl (C=O) groups excluding carboxylic acids is 1. The van der Waals surface area contributed by atoms with Crippen molar-refractivity contribution in [1.29, 1.82) is 0 Å². The zero-order valence-electron chi connectivity index (χ0n) is 17.4. The zero-order chi connectivity index (χ0) is 25.1. The molecular formula is C21H20Cl2F3N3O4S. The first kappa shape index (κ1) is 25.1. The number of hydrogen-bond donors (Lipinski definition) is 3. The predicted octanol–water partition coefficient (Wildman–Crippen LogP) is 3.41. The van der Waals surface area contributed by atoms with Crippen LogP contribution in [0.5, 0.6) is 5.75 Å². The molecule has 1 aliphatic heterocycles. The molecule has 1 amide bonds. The third-order valence-corrected chi connectivity index (χ3v) is 8.23. The fourth-order valence-electron chi connectivity index (χ4n) is 4.97. The van der Waals surface area contributed by atoms with Crippen molar-refractivity contribution in [1.82, 2.24) is 5.32 Å². The van der Waals surface area contributed by atoms with Crippen LogP contribution in [-0.2, 0) is 14.9 Å². The van der Waals surface area contributed by atoms with Gasteiger partial charge in [0.1, 0.15) is 11.3 Å². The Kier molecular flexibility index (Phi) is 6.09. The molecule has 1 saturated heterocycles. The van der Waals surface area contributed by atoms with E-state index in [0.717, 1.165) is 17.7 Å². The minimum absolute atomic E-state index is 0.00996. The number of fused-ring (bicyclic) bond motifs is 1. The number of nitrogens with one attached hydrogen (secondary N) is 1. The van der Waals surface area contributed by atoms with Crippen molar-refractivity contribution in [3.63, 3.8) is 0 Å². The van der Waals surface area contributed by atoms with E-state index in [9.17, 15) is 26.4 Å². The van der Waals surface area contributed by atoms with Crippen molar-refractivity contribution in [2.24, 2.45) is 11.5 Å². The van der Waals surface area contributed by atoms with Crippen molar-refractivity contribution in [2.45, 2.75) is 41.3 Å². The molecule has 4 atom stereocenters. The third-order valence-electron chi connectivity index (χ3n) is 6.67. The van der Waals surface area contributed by atoms with Crippen molar-refractivity contribution < 1.29 is 30.6 Å². The van der Waals surface area contributed by atoms with Crippen LogP contribution >= 0.6 is 23.2 Å². The molecule has 1 aliphatic carbocycles. The summed E-state index contributed by atoms with van der Waals surface area (Å²) in [5, 5.41) is 3.23. The number of carbonyl (C=O) groups is 1. The second kappa shape index (κ2) is 8.27. The molecule has 5 N–H and O–H groups in total. The van der Waals surface area contributed by atoms with Crippen molar-refractivity contribution in [3.05, 3.63) is 63.6 Å². The minimum Gasteiger partial charge on any atom is -0.376 e. The fraction of sp³-hybridized carbons (Fsp3) is 0.381. The summed E-state index contributed by atoms with van der Waals surface area (Å²) in [4.78, 5) is 12.6. The monoisotopic (exact) mass is 537 g/mol. The SMILES string of the molecule is NC12CCC(c3ccc(OS(=O)(=O)C(F)(F)F)cc3Cl)C(c3ccc(Cl)cc3)C1(N)CNC2=O. The molecule has 1 heterocycles. The number of benzene rings is 2. The maximum absolute atomic E-state index is 12.7. The summed E-state index contributed by atoms with van der Waals surface area (Å²) in [6.45, 7) is 0.106. The predicted molar refractivity (Wildman–Crippen MR) is 120 cm³/mol. The molecule has 4 unspecified atom stereocenters. The third kappa shape index (κ3) is 3.93. The molecule has 34 heavy (non-hydrogen) atoms. The van der Waals surface area contributed by atoms with Crippen molar-refractivity contribution in [3.8, 4) is 5.75 Å². The van der Waals surface area contributed by atoms with Crippen LogP contribution in [0.2, 0.25) is 10.0 Å². The van der Waals surface area contributed by atoms with Crippen LogP contribution in [0.3, 0.4) is 0 Å². The van der Waals surface area contributed by atoms with Crippen LogP contribution in [0.1, 0.15) is 35.8 Å². The van der Waals surface area contributed by atoms with Gasteiger partial charge in [-0.25, -0.2) is 0 Å². The van der Waals surface area contributed by atoms with E-state index in [1.807, 2.05) is 0 Å². The van der Waals surface area contributed by atoms with Crippen LogP contribution in [0.25, 0.3) is 0 Å². The van der Waals surface area contributed by atoms with Gasteiger partial charge in [-0.05, 0) is 48.1 Å². The van der Waals surface area contributed by atoms with Crippen LogP contribution in [0.4, 0.5) is 13.2 Å².